The Balaban J connectivity index is 1.93. The zero-order chi connectivity index (χ0) is 18.4. The van der Waals surface area contributed by atoms with Crippen LogP contribution in [0.5, 0.6) is 5.75 Å². The number of benzene rings is 2. The van der Waals surface area contributed by atoms with Crippen molar-refractivity contribution in [2.75, 3.05) is 26.0 Å². The third kappa shape index (κ3) is 5.79. The number of anilines is 1. The van der Waals surface area contributed by atoms with Gasteiger partial charge in [-0.2, -0.15) is 13.2 Å². The van der Waals surface area contributed by atoms with Gasteiger partial charge in [-0.3, -0.25) is 9.69 Å². The average Bonchev–Trinajstić information content (AvgIpc) is 2.54. The van der Waals surface area contributed by atoms with Crippen LogP contribution in [-0.2, 0) is 17.5 Å². The van der Waals surface area contributed by atoms with Gasteiger partial charge in [-0.15, -0.1) is 0 Å². The van der Waals surface area contributed by atoms with Crippen molar-refractivity contribution in [1.82, 2.24) is 4.90 Å². The van der Waals surface area contributed by atoms with E-state index in [1.54, 1.807) is 19.1 Å². The third-order valence-electron chi connectivity index (χ3n) is 3.47. The monoisotopic (exact) mass is 352 g/mol. The van der Waals surface area contributed by atoms with E-state index in [0.29, 0.717) is 6.54 Å². The number of halogens is 3. The van der Waals surface area contributed by atoms with E-state index in [-0.39, 0.29) is 18.1 Å². The molecule has 1 N–H and O–H groups in total. The zero-order valence-electron chi connectivity index (χ0n) is 13.9. The van der Waals surface area contributed by atoms with Gasteiger partial charge in [0.05, 0.1) is 19.2 Å². The summed E-state index contributed by atoms with van der Waals surface area (Å²) in [5, 5.41) is 2.49. The summed E-state index contributed by atoms with van der Waals surface area (Å²) in [6, 6.07) is 12.0. The van der Waals surface area contributed by atoms with Crippen LogP contribution in [0.4, 0.5) is 18.9 Å². The molecule has 4 nitrogen and oxygen atoms in total. The number of alkyl halides is 3. The highest BCUT2D eigenvalue weighted by molar-refractivity contribution is 5.92. The maximum atomic E-state index is 12.7. The third-order valence-corrected chi connectivity index (χ3v) is 3.47. The van der Waals surface area contributed by atoms with E-state index >= 15 is 0 Å². The lowest BCUT2D eigenvalue weighted by Gasteiger charge is -2.17. The number of hydrogen-bond acceptors (Lipinski definition) is 3. The lowest BCUT2D eigenvalue weighted by Crippen LogP contribution is -2.29. The highest BCUT2D eigenvalue weighted by atomic mass is 19.4. The van der Waals surface area contributed by atoms with Gasteiger partial charge in [-0.05, 0) is 42.9 Å². The van der Waals surface area contributed by atoms with Crippen LogP contribution in [0.25, 0.3) is 0 Å². The molecule has 2 aromatic carbocycles. The Morgan fingerprint density at radius 2 is 1.88 bits per heavy atom. The van der Waals surface area contributed by atoms with E-state index < -0.39 is 11.7 Å². The molecule has 2 aromatic rings. The highest BCUT2D eigenvalue weighted by Crippen LogP contribution is 2.30. The molecule has 0 bridgehead atoms. The van der Waals surface area contributed by atoms with E-state index in [2.05, 4.69) is 5.32 Å². The lowest BCUT2D eigenvalue weighted by atomic mass is 10.2. The van der Waals surface area contributed by atoms with Crippen LogP contribution in [0.2, 0.25) is 0 Å². The minimum absolute atomic E-state index is 0.0491. The van der Waals surface area contributed by atoms with Crippen LogP contribution in [0.1, 0.15) is 11.1 Å². The van der Waals surface area contributed by atoms with E-state index in [9.17, 15) is 18.0 Å². The fourth-order valence-corrected chi connectivity index (χ4v) is 2.36. The topological polar surface area (TPSA) is 41.6 Å². The lowest BCUT2D eigenvalue weighted by molar-refractivity contribution is -0.137. The first-order valence-electron chi connectivity index (χ1n) is 7.56. The summed E-state index contributed by atoms with van der Waals surface area (Å²) >= 11 is 0. The summed E-state index contributed by atoms with van der Waals surface area (Å²) in [6.07, 6.45) is -4.44. The number of hydrogen-bond donors (Lipinski definition) is 1. The predicted octanol–water partition coefficient (Wildman–Crippen LogP) is 3.78. The van der Waals surface area contributed by atoms with Gasteiger partial charge in [0.25, 0.3) is 0 Å². The number of ether oxygens (including phenoxy) is 1. The fourth-order valence-electron chi connectivity index (χ4n) is 2.36. The van der Waals surface area contributed by atoms with E-state index in [4.69, 9.17) is 4.74 Å². The summed E-state index contributed by atoms with van der Waals surface area (Å²) in [5.41, 5.74) is 0.290. The number of carbonyl (C=O) groups is 1. The van der Waals surface area contributed by atoms with Gasteiger partial charge in [0.2, 0.25) is 5.91 Å². The first kappa shape index (κ1) is 18.8. The fraction of sp³-hybridized carbons (Fsp3) is 0.278. The molecule has 0 saturated heterocycles. The van der Waals surface area contributed by atoms with Crippen LogP contribution in [0, 0.1) is 0 Å². The van der Waals surface area contributed by atoms with Crippen LogP contribution < -0.4 is 10.1 Å². The van der Waals surface area contributed by atoms with Gasteiger partial charge >= 0.3 is 6.18 Å². The Morgan fingerprint density at radius 1 is 1.16 bits per heavy atom. The molecule has 25 heavy (non-hydrogen) atoms. The molecule has 0 spiro atoms. The molecule has 2 rings (SSSR count). The maximum Gasteiger partial charge on any atom is 0.416 e. The number of nitrogens with one attached hydrogen (secondary N) is 1. The second-order valence-corrected chi connectivity index (χ2v) is 5.65. The van der Waals surface area contributed by atoms with Crippen molar-refractivity contribution in [3.63, 3.8) is 0 Å². The first-order chi connectivity index (χ1) is 11.8. The number of carbonyl (C=O) groups excluding carboxylic acids is 1. The van der Waals surface area contributed by atoms with Crippen LogP contribution in [0.15, 0.2) is 48.5 Å². The first-order valence-corrected chi connectivity index (χ1v) is 7.56. The number of methoxy groups -OCH3 is 1. The van der Waals surface area contributed by atoms with Gasteiger partial charge in [0, 0.05) is 12.2 Å². The number of likely N-dealkylation sites (N-methyl/N-ethyl adjacent to an activating group) is 1. The van der Waals surface area contributed by atoms with Crippen LogP contribution in [-0.4, -0.2) is 31.5 Å². The minimum Gasteiger partial charge on any atom is -0.497 e. The molecular formula is C18H19F3N2O2. The Hall–Kier alpha value is -2.54. The van der Waals surface area contributed by atoms with Gasteiger partial charge < -0.3 is 10.1 Å². The van der Waals surface area contributed by atoms with Crippen molar-refractivity contribution in [1.29, 1.82) is 0 Å². The molecule has 0 radical (unpaired) electrons. The number of rotatable bonds is 6. The van der Waals surface area contributed by atoms with Gasteiger partial charge in [-0.1, -0.05) is 18.2 Å². The summed E-state index contributed by atoms with van der Waals surface area (Å²) in [4.78, 5) is 13.8. The Labute approximate surface area is 144 Å². The van der Waals surface area contributed by atoms with E-state index in [1.807, 2.05) is 24.3 Å². The van der Waals surface area contributed by atoms with Gasteiger partial charge in [0.15, 0.2) is 0 Å². The maximum absolute atomic E-state index is 12.7. The van der Waals surface area contributed by atoms with Gasteiger partial charge in [-0.25, -0.2) is 0 Å². The second-order valence-electron chi connectivity index (χ2n) is 5.65. The summed E-state index contributed by atoms with van der Waals surface area (Å²) < 4.78 is 43.2. The summed E-state index contributed by atoms with van der Waals surface area (Å²) in [5.74, 6) is 0.337. The molecule has 0 heterocycles. The Morgan fingerprint density at radius 3 is 2.56 bits per heavy atom. The SMILES string of the molecule is COc1cccc(CN(C)CC(=O)Nc2cccc(C(F)(F)F)c2)c1. The molecule has 1 amide bonds. The van der Waals surface area contributed by atoms with Crippen LogP contribution >= 0.6 is 0 Å². The summed E-state index contributed by atoms with van der Waals surface area (Å²) in [6.45, 7) is 0.556. The second kappa shape index (κ2) is 8.02. The molecule has 0 unspecified atom stereocenters. The molecule has 0 saturated carbocycles. The molecule has 134 valence electrons. The van der Waals surface area contributed by atoms with E-state index in [1.165, 1.54) is 12.1 Å². The average molecular weight is 352 g/mol. The van der Waals surface area contributed by atoms with Crippen molar-refractivity contribution in [3.8, 4) is 5.75 Å². The predicted molar refractivity (Wildman–Crippen MR) is 89.4 cm³/mol. The smallest absolute Gasteiger partial charge is 0.416 e. The molecule has 0 fully saturated rings. The minimum atomic E-state index is -4.44. The number of amides is 1. The largest absolute Gasteiger partial charge is 0.497 e. The zero-order valence-corrected chi connectivity index (χ0v) is 13.9. The molecule has 7 heteroatoms. The van der Waals surface area contributed by atoms with E-state index in [0.717, 1.165) is 23.4 Å². The van der Waals surface area contributed by atoms with Crippen LogP contribution in [0.3, 0.4) is 0 Å². The quantitative estimate of drug-likeness (QED) is 0.860. The molecule has 0 atom stereocenters. The Bertz CT molecular complexity index is 732. The number of nitrogens with zero attached hydrogens (tertiary/aromatic N) is 1. The molecule has 0 aliphatic rings. The standard InChI is InChI=1S/C18H19F3N2O2/c1-23(11-13-5-3-8-16(9-13)25-2)12-17(24)22-15-7-4-6-14(10-15)18(19,20)21/h3-10H,11-12H2,1-2H3,(H,22,24). The van der Waals surface area contributed by atoms with Crippen molar-refractivity contribution in [3.05, 3.63) is 59.7 Å². The summed E-state index contributed by atoms with van der Waals surface area (Å²) in [7, 11) is 3.33. The Kier molecular flexibility index (Phi) is 6.03. The molecule has 0 aliphatic heterocycles. The van der Waals surface area contributed by atoms with Crippen molar-refractivity contribution < 1.29 is 22.7 Å². The van der Waals surface area contributed by atoms with Crippen molar-refractivity contribution in [2.45, 2.75) is 12.7 Å². The molecular weight excluding hydrogens is 333 g/mol. The highest BCUT2D eigenvalue weighted by Gasteiger charge is 2.30. The molecule has 0 aliphatic carbocycles. The molecule has 0 aromatic heterocycles. The van der Waals surface area contributed by atoms with Crippen molar-refractivity contribution >= 4 is 11.6 Å². The van der Waals surface area contributed by atoms with Crippen molar-refractivity contribution in [2.24, 2.45) is 0 Å². The normalized spacial score (nSPS) is 11.4. The van der Waals surface area contributed by atoms with Gasteiger partial charge in [0.1, 0.15) is 5.75 Å².